The topological polar surface area (TPSA) is 94.6 Å². The van der Waals surface area contributed by atoms with E-state index in [4.69, 9.17) is 26.5 Å². The predicted octanol–water partition coefficient (Wildman–Crippen LogP) is 4.80. The molecule has 0 aliphatic heterocycles. The molecule has 2 heterocycles. The number of benzene rings is 1. The van der Waals surface area contributed by atoms with Crippen molar-refractivity contribution in [1.29, 1.82) is 0 Å². The van der Waals surface area contributed by atoms with Gasteiger partial charge < -0.3 is 20.2 Å². The van der Waals surface area contributed by atoms with E-state index in [2.05, 4.69) is 5.32 Å². The van der Waals surface area contributed by atoms with Gasteiger partial charge in [0.1, 0.15) is 23.1 Å². The number of amides is 2. The molecule has 2 amide bonds. The summed E-state index contributed by atoms with van der Waals surface area (Å²) in [5, 5.41) is 3.77. The van der Waals surface area contributed by atoms with E-state index in [1.54, 1.807) is 24.3 Å². The fourth-order valence-electron chi connectivity index (χ4n) is 3.37. The average Bonchev–Trinajstić information content (AvgIpc) is 3.31. The Bertz CT molecular complexity index is 1070. The number of rotatable bonds is 6. The molecule has 0 fully saturated rings. The minimum absolute atomic E-state index is 0.129. The number of anilines is 1. The molecule has 29 heavy (non-hydrogen) atoms. The molecule has 0 bridgehead atoms. The fourth-order valence-corrected chi connectivity index (χ4v) is 4.85. The third kappa shape index (κ3) is 4.16. The highest BCUT2D eigenvalue weighted by atomic mass is 35.5. The summed E-state index contributed by atoms with van der Waals surface area (Å²) in [6.45, 7) is 0.136. The monoisotopic (exact) mass is 430 g/mol. The molecule has 0 saturated heterocycles. The lowest BCUT2D eigenvalue weighted by molar-refractivity contribution is 0.0993. The summed E-state index contributed by atoms with van der Waals surface area (Å²) in [4.78, 5) is 25.7. The van der Waals surface area contributed by atoms with E-state index in [1.165, 1.54) is 11.3 Å². The lowest BCUT2D eigenvalue weighted by Gasteiger charge is -2.11. The van der Waals surface area contributed by atoms with Crippen molar-refractivity contribution in [3.63, 3.8) is 0 Å². The molecule has 0 saturated carbocycles. The normalized spacial score (nSPS) is 13.0. The van der Waals surface area contributed by atoms with E-state index in [-0.39, 0.29) is 12.4 Å². The van der Waals surface area contributed by atoms with Gasteiger partial charge in [-0.05, 0) is 55.5 Å². The molecule has 3 N–H and O–H groups in total. The van der Waals surface area contributed by atoms with Crippen LogP contribution < -0.4 is 15.8 Å². The standard InChI is InChI=1S/C21H19ClN2O4S/c22-14-6-2-3-7-15(14)27-11-12-9-10-16(28-12)20(26)24-21-18(19(23)25)13-5-1-4-8-17(13)29-21/h2-3,6-7,9-10H,1,4-5,8,11H2,(H2,23,25)(H,24,26). The van der Waals surface area contributed by atoms with Crippen molar-refractivity contribution in [1.82, 2.24) is 0 Å². The number of hydrogen-bond donors (Lipinski definition) is 2. The Labute approximate surface area is 176 Å². The van der Waals surface area contributed by atoms with E-state index >= 15 is 0 Å². The summed E-state index contributed by atoms with van der Waals surface area (Å²) in [5.74, 6) is 0.190. The second kappa shape index (κ2) is 8.31. The zero-order valence-corrected chi connectivity index (χ0v) is 17.1. The van der Waals surface area contributed by atoms with Crippen molar-refractivity contribution in [2.24, 2.45) is 5.73 Å². The van der Waals surface area contributed by atoms with Crippen molar-refractivity contribution in [3.05, 3.63) is 68.9 Å². The number of para-hydroxylation sites is 1. The van der Waals surface area contributed by atoms with Crippen LogP contribution in [0.4, 0.5) is 5.00 Å². The van der Waals surface area contributed by atoms with Crippen LogP contribution in [0.3, 0.4) is 0 Å². The first kappa shape index (κ1) is 19.5. The molecule has 8 heteroatoms. The molecule has 0 atom stereocenters. The highest BCUT2D eigenvalue weighted by Crippen LogP contribution is 2.38. The molecule has 1 aliphatic carbocycles. The van der Waals surface area contributed by atoms with Gasteiger partial charge in [-0.15, -0.1) is 11.3 Å². The smallest absolute Gasteiger partial charge is 0.291 e. The zero-order valence-electron chi connectivity index (χ0n) is 15.5. The van der Waals surface area contributed by atoms with Crippen molar-refractivity contribution in [2.45, 2.75) is 32.3 Å². The van der Waals surface area contributed by atoms with Crippen molar-refractivity contribution in [2.75, 3.05) is 5.32 Å². The number of nitrogens with two attached hydrogens (primary N) is 1. The van der Waals surface area contributed by atoms with E-state index in [1.807, 2.05) is 12.1 Å². The molecule has 150 valence electrons. The van der Waals surface area contributed by atoms with Crippen LogP contribution in [0.1, 0.15) is 50.0 Å². The summed E-state index contributed by atoms with van der Waals surface area (Å²) < 4.78 is 11.2. The molecule has 6 nitrogen and oxygen atoms in total. The highest BCUT2D eigenvalue weighted by Gasteiger charge is 2.25. The molecular formula is C21H19ClN2O4S. The van der Waals surface area contributed by atoms with Crippen LogP contribution in [-0.2, 0) is 19.4 Å². The Morgan fingerprint density at radius 1 is 1.17 bits per heavy atom. The van der Waals surface area contributed by atoms with Gasteiger partial charge in [0.25, 0.3) is 11.8 Å². The maximum atomic E-state index is 12.6. The molecule has 0 radical (unpaired) electrons. The quantitative estimate of drug-likeness (QED) is 0.587. The number of carbonyl (C=O) groups excluding carboxylic acids is 2. The number of carbonyl (C=O) groups is 2. The molecular weight excluding hydrogens is 412 g/mol. The number of fused-ring (bicyclic) bond motifs is 1. The maximum Gasteiger partial charge on any atom is 0.291 e. The lowest BCUT2D eigenvalue weighted by atomic mass is 9.95. The summed E-state index contributed by atoms with van der Waals surface area (Å²) in [6.07, 6.45) is 3.81. The molecule has 1 aromatic carbocycles. The van der Waals surface area contributed by atoms with Gasteiger partial charge in [-0.2, -0.15) is 0 Å². The minimum Gasteiger partial charge on any atom is -0.484 e. The number of hydrogen-bond acceptors (Lipinski definition) is 5. The van der Waals surface area contributed by atoms with Gasteiger partial charge in [0.05, 0.1) is 10.6 Å². The number of thiophene rings is 1. The summed E-state index contributed by atoms with van der Waals surface area (Å²) in [5.41, 5.74) is 6.97. The van der Waals surface area contributed by atoms with Gasteiger partial charge in [0, 0.05) is 4.88 Å². The van der Waals surface area contributed by atoms with E-state index < -0.39 is 11.8 Å². The number of halogens is 1. The van der Waals surface area contributed by atoms with Crippen LogP contribution in [0.2, 0.25) is 5.02 Å². The van der Waals surface area contributed by atoms with E-state index in [0.717, 1.165) is 36.1 Å². The van der Waals surface area contributed by atoms with Crippen molar-refractivity contribution >= 4 is 39.8 Å². The van der Waals surface area contributed by atoms with Crippen molar-refractivity contribution < 1.29 is 18.7 Å². The first-order valence-corrected chi connectivity index (χ1v) is 10.4. The van der Waals surface area contributed by atoms with Gasteiger partial charge in [0.2, 0.25) is 0 Å². The minimum atomic E-state index is -0.520. The number of primary amides is 1. The molecule has 0 spiro atoms. The van der Waals surface area contributed by atoms with Crippen LogP contribution in [-0.4, -0.2) is 11.8 Å². The van der Waals surface area contributed by atoms with Crippen LogP contribution in [0.5, 0.6) is 5.75 Å². The zero-order chi connectivity index (χ0) is 20.4. The largest absolute Gasteiger partial charge is 0.484 e. The molecule has 0 unspecified atom stereocenters. The third-order valence-corrected chi connectivity index (χ3v) is 6.26. The van der Waals surface area contributed by atoms with Crippen molar-refractivity contribution in [3.8, 4) is 5.75 Å². The summed E-state index contributed by atoms with van der Waals surface area (Å²) >= 11 is 7.48. The number of furan rings is 1. The number of ether oxygens (including phenoxy) is 1. The first-order valence-electron chi connectivity index (χ1n) is 9.24. The fraction of sp³-hybridized carbons (Fsp3) is 0.238. The number of nitrogens with one attached hydrogen (secondary N) is 1. The molecule has 2 aromatic heterocycles. The van der Waals surface area contributed by atoms with Crippen LogP contribution in [0, 0.1) is 0 Å². The molecule has 3 aromatic rings. The van der Waals surface area contributed by atoms with Crippen LogP contribution >= 0.6 is 22.9 Å². The SMILES string of the molecule is NC(=O)c1c(NC(=O)c2ccc(COc3ccccc3Cl)o2)sc2c1CCCC2. The lowest BCUT2D eigenvalue weighted by Crippen LogP contribution is -2.18. The molecule has 1 aliphatic rings. The predicted molar refractivity (Wildman–Crippen MR) is 112 cm³/mol. The Balaban J connectivity index is 1.47. The Morgan fingerprint density at radius 2 is 1.97 bits per heavy atom. The highest BCUT2D eigenvalue weighted by molar-refractivity contribution is 7.17. The van der Waals surface area contributed by atoms with E-state index in [9.17, 15) is 9.59 Å². The van der Waals surface area contributed by atoms with Crippen LogP contribution in [0.25, 0.3) is 0 Å². The second-order valence-electron chi connectivity index (χ2n) is 6.72. The number of aryl methyl sites for hydroxylation is 1. The van der Waals surface area contributed by atoms with E-state index in [0.29, 0.717) is 27.1 Å². The summed E-state index contributed by atoms with van der Waals surface area (Å²) in [6, 6.07) is 10.3. The third-order valence-electron chi connectivity index (χ3n) is 4.74. The first-order chi connectivity index (χ1) is 14.0. The average molecular weight is 431 g/mol. The molecule has 4 rings (SSSR count). The van der Waals surface area contributed by atoms with Gasteiger partial charge in [-0.1, -0.05) is 23.7 Å². The Kier molecular flexibility index (Phi) is 5.60. The maximum absolute atomic E-state index is 12.6. The van der Waals surface area contributed by atoms with Gasteiger partial charge in [-0.25, -0.2) is 0 Å². The Morgan fingerprint density at radius 3 is 2.76 bits per heavy atom. The van der Waals surface area contributed by atoms with Crippen LogP contribution in [0.15, 0.2) is 40.8 Å². The van der Waals surface area contributed by atoms with Gasteiger partial charge in [-0.3, -0.25) is 9.59 Å². The summed E-state index contributed by atoms with van der Waals surface area (Å²) in [7, 11) is 0. The van der Waals surface area contributed by atoms with Gasteiger partial charge >= 0.3 is 0 Å². The Hall–Kier alpha value is -2.77. The second-order valence-corrected chi connectivity index (χ2v) is 8.23. The van der Waals surface area contributed by atoms with Gasteiger partial charge in [0.15, 0.2) is 5.76 Å².